The van der Waals surface area contributed by atoms with Crippen molar-refractivity contribution >= 4 is 17.3 Å². The molecule has 0 saturated heterocycles. The molecule has 2 nitrogen and oxygen atoms in total. The third-order valence-corrected chi connectivity index (χ3v) is 2.02. The first-order valence-electron chi connectivity index (χ1n) is 3.82. The van der Waals surface area contributed by atoms with Crippen LogP contribution in [0, 0.1) is 0 Å². The molecule has 3 heteroatoms. The van der Waals surface area contributed by atoms with Gasteiger partial charge >= 0.3 is 0 Å². The van der Waals surface area contributed by atoms with E-state index in [0.29, 0.717) is 11.6 Å². The summed E-state index contributed by atoms with van der Waals surface area (Å²) in [5, 5.41) is 9.42. The predicted molar refractivity (Wildman–Crippen MR) is 51.8 cm³/mol. The van der Waals surface area contributed by atoms with Crippen molar-refractivity contribution in [1.82, 2.24) is 0 Å². The first kappa shape index (κ1) is 9.36. The average molecular weight is 186 g/mol. The molecule has 0 saturated carbocycles. The minimum atomic E-state index is 0.141. The summed E-state index contributed by atoms with van der Waals surface area (Å²) in [5.41, 5.74) is 0.952. The van der Waals surface area contributed by atoms with Gasteiger partial charge in [0, 0.05) is 13.6 Å². The molecule has 0 aliphatic rings. The summed E-state index contributed by atoms with van der Waals surface area (Å²) in [7, 11) is 1.90. The Morgan fingerprint density at radius 2 is 2.08 bits per heavy atom. The maximum atomic E-state index is 8.70. The average Bonchev–Trinajstić information content (AvgIpc) is 2.05. The van der Waals surface area contributed by atoms with Crippen LogP contribution in [0.25, 0.3) is 0 Å². The van der Waals surface area contributed by atoms with Crippen molar-refractivity contribution in [2.45, 2.75) is 0 Å². The van der Waals surface area contributed by atoms with Crippen LogP contribution in [0.3, 0.4) is 0 Å². The summed E-state index contributed by atoms with van der Waals surface area (Å²) >= 11 is 5.93. The van der Waals surface area contributed by atoms with Gasteiger partial charge < -0.3 is 10.0 Å². The maximum Gasteiger partial charge on any atom is 0.0639 e. The topological polar surface area (TPSA) is 23.5 Å². The van der Waals surface area contributed by atoms with Crippen LogP contribution in [0.15, 0.2) is 24.3 Å². The van der Waals surface area contributed by atoms with E-state index in [1.54, 1.807) is 0 Å². The molecule has 0 unspecified atom stereocenters. The number of aliphatic hydroxyl groups is 1. The van der Waals surface area contributed by atoms with Crippen molar-refractivity contribution in [3.8, 4) is 0 Å². The molecule has 1 rings (SSSR count). The van der Waals surface area contributed by atoms with Crippen LogP contribution < -0.4 is 4.90 Å². The molecule has 1 N–H and O–H groups in total. The summed E-state index contributed by atoms with van der Waals surface area (Å²) in [6.45, 7) is 0.742. The van der Waals surface area contributed by atoms with E-state index < -0.39 is 0 Å². The number of hydrogen-bond acceptors (Lipinski definition) is 2. The van der Waals surface area contributed by atoms with Crippen LogP contribution in [-0.2, 0) is 0 Å². The van der Waals surface area contributed by atoms with Gasteiger partial charge in [-0.15, -0.1) is 0 Å². The molecule has 0 aliphatic heterocycles. The lowest BCUT2D eigenvalue weighted by Crippen LogP contribution is -2.21. The van der Waals surface area contributed by atoms with Gasteiger partial charge in [-0.25, -0.2) is 0 Å². The SMILES string of the molecule is CN(CCO)c1ccccc1Cl. The Labute approximate surface area is 77.4 Å². The highest BCUT2D eigenvalue weighted by atomic mass is 35.5. The lowest BCUT2D eigenvalue weighted by atomic mass is 10.3. The second-order valence-electron chi connectivity index (χ2n) is 2.60. The van der Waals surface area contributed by atoms with E-state index >= 15 is 0 Å². The van der Waals surface area contributed by atoms with Crippen molar-refractivity contribution in [2.75, 3.05) is 25.1 Å². The molecule has 0 radical (unpaired) electrons. The summed E-state index contributed by atoms with van der Waals surface area (Å²) < 4.78 is 0. The molecular formula is C9H12ClNO. The normalized spacial score (nSPS) is 9.92. The number of anilines is 1. The summed E-state index contributed by atoms with van der Waals surface area (Å²) in [5.74, 6) is 0. The number of rotatable bonds is 3. The fraction of sp³-hybridized carbons (Fsp3) is 0.333. The van der Waals surface area contributed by atoms with Gasteiger partial charge in [0.2, 0.25) is 0 Å². The fourth-order valence-electron chi connectivity index (χ4n) is 1.03. The number of aliphatic hydroxyl groups excluding tert-OH is 1. The zero-order valence-electron chi connectivity index (χ0n) is 7.00. The van der Waals surface area contributed by atoms with Crippen LogP contribution in [0.2, 0.25) is 5.02 Å². The molecule has 0 spiro atoms. The highest BCUT2D eigenvalue weighted by molar-refractivity contribution is 6.33. The van der Waals surface area contributed by atoms with Gasteiger partial charge in [-0.05, 0) is 12.1 Å². The highest BCUT2D eigenvalue weighted by Gasteiger charge is 2.02. The number of halogens is 1. The summed E-state index contributed by atoms with van der Waals surface area (Å²) in [6.07, 6.45) is 0. The molecule has 0 heterocycles. The van der Waals surface area contributed by atoms with E-state index in [9.17, 15) is 0 Å². The van der Waals surface area contributed by atoms with Crippen molar-refractivity contribution in [1.29, 1.82) is 0 Å². The monoisotopic (exact) mass is 185 g/mol. The second-order valence-corrected chi connectivity index (χ2v) is 3.00. The van der Waals surface area contributed by atoms with E-state index in [1.807, 2.05) is 36.2 Å². The Bertz CT molecular complexity index is 252. The molecule has 1 aromatic rings. The first-order chi connectivity index (χ1) is 5.75. The zero-order chi connectivity index (χ0) is 8.97. The lowest BCUT2D eigenvalue weighted by molar-refractivity contribution is 0.304. The molecule has 12 heavy (non-hydrogen) atoms. The predicted octanol–water partition coefficient (Wildman–Crippen LogP) is 1.77. The molecule has 0 aromatic heterocycles. The van der Waals surface area contributed by atoms with E-state index in [4.69, 9.17) is 16.7 Å². The van der Waals surface area contributed by atoms with Crippen molar-refractivity contribution in [2.24, 2.45) is 0 Å². The number of likely N-dealkylation sites (N-methyl/N-ethyl adjacent to an activating group) is 1. The van der Waals surface area contributed by atoms with Gasteiger partial charge in [-0.1, -0.05) is 23.7 Å². The Kier molecular flexibility index (Phi) is 3.38. The van der Waals surface area contributed by atoms with E-state index in [1.165, 1.54) is 0 Å². The zero-order valence-corrected chi connectivity index (χ0v) is 7.75. The fourth-order valence-corrected chi connectivity index (χ4v) is 1.31. The van der Waals surface area contributed by atoms with Gasteiger partial charge in [0.1, 0.15) is 0 Å². The van der Waals surface area contributed by atoms with E-state index in [0.717, 1.165) is 5.69 Å². The third-order valence-electron chi connectivity index (χ3n) is 1.70. The minimum absolute atomic E-state index is 0.141. The van der Waals surface area contributed by atoms with E-state index in [2.05, 4.69) is 0 Å². The molecule has 0 amide bonds. The Hall–Kier alpha value is -0.730. The van der Waals surface area contributed by atoms with Crippen molar-refractivity contribution < 1.29 is 5.11 Å². The molecule has 0 bridgehead atoms. The number of para-hydroxylation sites is 1. The van der Waals surface area contributed by atoms with Crippen LogP contribution in [0.1, 0.15) is 0 Å². The highest BCUT2D eigenvalue weighted by Crippen LogP contribution is 2.23. The lowest BCUT2D eigenvalue weighted by Gasteiger charge is -2.18. The van der Waals surface area contributed by atoms with Gasteiger partial charge in [0.15, 0.2) is 0 Å². The third kappa shape index (κ3) is 2.13. The Morgan fingerprint density at radius 1 is 1.42 bits per heavy atom. The van der Waals surface area contributed by atoms with Crippen molar-refractivity contribution in [3.63, 3.8) is 0 Å². The number of benzene rings is 1. The molecule has 1 aromatic carbocycles. The van der Waals surface area contributed by atoms with Crippen molar-refractivity contribution in [3.05, 3.63) is 29.3 Å². The summed E-state index contributed by atoms with van der Waals surface area (Å²) in [6, 6.07) is 7.58. The first-order valence-corrected chi connectivity index (χ1v) is 4.20. The van der Waals surface area contributed by atoms with Gasteiger partial charge in [-0.3, -0.25) is 0 Å². The maximum absolute atomic E-state index is 8.70. The Morgan fingerprint density at radius 3 is 2.67 bits per heavy atom. The number of hydrogen-bond donors (Lipinski definition) is 1. The Balaban J connectivity index is 2.79. The largest absolute Gasteiger partial charge is 0.395 e. The number of nitrogens with zero attached hydrogens (tertiary/aromatic N) is 1. The minimum Gasteiger partial charge on any atom is -0.395 e. The van der Waals surface area contributed by atoms with Crippen LogP contribution >= 0.6 is 11.6 Å². The molecule has 0 atom stereocenters. The molecule has 66 valence electrons. The van der Waals surface area contributed by atoms with Gasteiger partial charge in [-0.2, -0.15) is 0 Å². The van der Waals surface area contributed by atoms with Crippen LogP contribution in [0.5, 0.6) is 0 Å². The summed E-state index contributed by atoms with van der Waals surface area (Å²) in [4.78, 5) is 1.92. The molecular weight excluding hydrogens is 174 g/mol. The van der Waals surface area contributed by atoms with Gasteiger partial charge in [0.25, 0.3) is 0 Å². The standard InChI is InChI=1S/C9H12ClNO/c1-11(6-7-12)9-5-3-2-4-8(9)10/h2-5,12H,6-7H2,1H3. The van der Waals surface area contributed by atoms with Crippen LogP contribution in [-0.4, -0.2) is 25.3 Å². The quantitative estimate of drug-likeness (QED) is 0.776. The molecule has 0 aliphatic carbocycles. The van der Waals surface area contributed by atoms with E-state index in [-0.39, 0.29) is 6.61 Å². The van der Waals surface area contributed by atoms with Gasteiger partial charge in [0.05, 0.1) is 17.3 Å². The van der Waals surface area contributed by atoms with Crippen LogP contribution in [0.4, 0.5) is 5.69 Å². The second kappa shape index (κ2) is 4.33. The smallest absolute Gasteiger partial charge is 0.0639 e. The molecule has 0 fully saturated rings.